The lowest BCUT2D eigenvalue weighted by atomic mass is 9.96. The van der Waals surface area contributed by atoms with Crippen LogP contribution >= 0.6 is 0 Å². The molecule has 1 amide bonds. The van der Waals surface area contributed by atoms with Gasteiger partial charge in [0.25, 0.3) is 5.91 Å². The number of carbonyl (C=O) groups excluding carboxylic acids is 1. The summed E-state index contributed by atoms with van der Waals surface area (Å²) in [4.78, 5) is 15.5. The minimum Gasteiger partial charge on any atom is -0.375 e. The Labute approximate surface area is 138 Å². The zero-order valence-electron chi connectivity index (χ0n) is 12.8. The van der Waals surface area contributed by atoms with Crippen LogP contribution in [-0.4, -0.2) is 23.5 Å². The van der Waals surface area contributed by atoms with Gasteiger partial charge in [-0.2, -0.15) is 0 Å². The van der Waals surface area contributed by atoms with Gasteiger partial charge in [-0.05, 0) is 35.9 Å². The third-order valence-corrected chi connectivity index (χ3v) is 4.19. The minimum atomic E-state index is -0.308. The Balaban J connectivity index is 1.71. The third-order valence-electron chi connectivity index (χ3n) is 4.19. The van der Waals surface area contributed by atoms with E-state index in [9.17, 15) is 9.18 Å². The SMILES string of the molecule is O=C1NCC(Nc2ccccc2F)C=C1c1cccc2[nH]ccc12. The van der Waals surface area contributed by atoms with E-state index < -0.39 is 0 Å². The number of halogens is 1. The molecule has 0 radical (unpaired) electrons. The molecule has 3 N–H and O–H groups in total. The number of para-hydroxylation sites is 1. The van der Waals surface area contributed by atoms with Crippen LogP contribution in [0.4, 0.5) is 10.1 Å². The highest BCUT2D eigenvalue weighted by Gasteiger charge is 2.23. The van der Waals surface area contributed by atoms with Gasteiger partial charge in [-0.15, -0.1) is 0 Å². The first-order chi connectivity index (χ1) is 11.7. The number of aromatic nitrogens is 1. The van der Waals surface area contributed by atoms with Crippen molar-refractivity contribution in [3.05, 3.63) is 72.2 Å². The highest BCUT2D eigenvalue weighted by Crippen LogP contribution is 2.27. The maximum absolute atomic E-state index is 13.8. The Kier molecular flexibility index (Phi) is 3.54. The molecule has 1 aliphatic rings. The van der Waals surface area contributed by atoms with Gasteiger partial charge >= 0.3 is 0 Å². The fourth-order valence-corrected chi connectivity index (χ4v) is 3.04. The average Bonchev–Trinajstić information content (AvgIpc) is 3.07. The van der Waals surface area contributed by atoms with E-state index in [4.69, 9.17) is 0 Å². The van der Waals surface area contributed by atoms with Crippen molar-refractivity contribution in [2.45, 2.75) is 6.04 Å². The molecular weight excluding hydrogens is 305 g/mol. The molecule has 0 spiro atoms. The molecule has 4 rings (SSSR count). The number of H-pyrrole nitrogens is 1. The number of anilines is 1. The number of hydrogen-bond acceptors (Lipinski definition) is 2. The van der Waals surface area contributed by atoms with Crippen molar-refractivity contribution in [2.24, 2.45) is 0 Å². The first-order valence-electron chi connectivity index (χ1n) is 7.80. The molecule has 1 aliphatic heterocycles. The minimum absolute atomic E-state index is 0.115. The molecule has 1 atom stereocenters. The summed E-state index contributed by atoms with van der Waals surface area (Å²) in [5, 5.41) is 7.00. The van der Waals surface area contributed by atoms with Crippen LogP contribution in [0.5, 0.6) is 0 Å². The lowest BCUT2D eigenvalue weighted by molar-refractivity contribution is -0.115. The molecule has 120 valence electrons. The molecule has 0 fully saturated rings. The van der Waals surface area contributed by atoms with Crippen LogP contribution < -0.4 is 10.6 Å². The second kappa shape index (κ2) is 5.85. The monoisotopic (exact) mass is 321 g/mol. The standard InChI is InChI=1S/C19H16FN3O/c20-16-5-1-2-6-18(16)23-12-10-15(19(24)22-11-12)13-4-3-7-17-14(13)8-9-21-17/h1-10,12,21,23H,11H2,(H,22,24). The molecule has 2 aromatic carbocycles. The Morgan fingerprint density at radius 1 is 1.08 bits per heavy atom. The van der Waals surface area contributed by atoms with Crippen molar-refractivity contribution in [1.29, 1.82) is 0 Å². The Morgan fingerprint density at radius 2 is 1.96 bits per heavy atom. The van der Waals surface area contributed by atoms with Gasteiger partial charge < -0.3 is 15.6 Å². The van der Waals surface area contributed by atoms with Crippen molar-refractivity contribution in [3.63, 3.8) is 0 Å². The van der Waals surface area contributed by atoms with Crippen LogP contribution in [0.1, 0.15) is 5.56 Å². The van der Waals surface area contributed by atoms with E-state index in [1.807, 2.05) is 36.5 Å². The number of carbonyl (C=O) groups is 1. The highest BCUT2D eigenvalue weighted by atomic mass is 19.1. The molecule has 4 nitrogen and oxygen atoms in total. The predicted molar refractivity (Wildman–Crippen MR) is 93.1 cm³/mol. The fourth-order valence-electron chi connectivity index (χ4n) is 3.04. The van der Waals surface area contributed by atoms with Gasteiger partial charge in [-0.3, -0.25) is 4.79 Å². The van der Waals surface area contributed by atoms with Crippen LogP contribution in [0.3, 0.4) is 0 Å². The van der Waals surface area contributed by atoms with E-state index >= 15 is 0 Å². The van der Waals surface area contributed by atoms with Gasteiger partial charge in [-0.25, -0.2) is 4.39 Å². The number of aromatic amines is 1. The molecule has 1 aromatic heterocycles. The molecule has 0 saturated heterocycles. The van der Waals surface area contributed by atoms with E-state index in [1.54, 1.807) is 18.2 Å². The van der Waals surface area contributed by atoms with Crippen molar-refractivity contribution in [3.8, 4) is 0 Å². The Morgan fingerprint density at radius 3 is 2.83 bits per heavy atom. The topological polar surface area (TPSA) is 56.9 Å². The lowest BCUT2D eigenvalue weighted by Crippen LogP contribution is -2.40. The number of fused-ring (bicyclic) bond motifs is 1. The van der Waals surface area contributed by atoms with Gasteiger partial charge in [0.2, 0.25) is 0 Å². The zero-order valence-corrected chi connectivity index (χ0v) is 12.8. The maximum Gasteiger partial charge on any atom is 0.251 e. The Hall–Kier alpha value is -3.08. The molecule has 0 saturated carbocycles. The second-order valence-electron chi connectivity index (χ2n) is 5.77. The molecule has 1 unspecified atom stereocenters. The summed E-state index contributed by atoms with van der Waals surface area (Å²) in [5.41, 5.74) is 2.87. The number of rotatable bonds is 3. The average molecular weight is 321 g/mol. The van der Waals surface area contributed by atoms with Gasteiger partial charge in [0.1, 0.15) is 5.82 Å². The van der Waals surface area contributed by atoms with Crippen LogP contribution in [0.15, 0.2) is 60.8 Å². The number of hydrogen-bond donors (Lipinski definition) is 3. The summed E-state index contributed by atoms with van der Waals surface area (Å²) < 4.78 is 13.8. The molecule has 5 heteroatoms. The van der Waals surface area contributed by atoms with Crippen LogP contribution in [0, 0.1) is 5.82 Å². The third kappa shape index (κ3) is 2.54. The summed E-state index contributed by atoms with van der Waals surface area (Å²) in [5.74, 6) is -0.424. The highest BCUT2D eigenvalue weighted by molar-refractivity contribution is 6.23. The molecule has 0 bridgehead atoms. The quantitative estimate of drug-likeness (QED) is 0.693. The summed E-state index contributed by atoms with van der Waals surface area (Å²) in [6.45, 7) is 0.416. The van der Waals surface area contributed by atoms with Crippen molar-refractivity contribution >= 4 is 28.1 Å². The second-order valence-corrected chi connectivity index (χ2v) is 5.77. The summed E-state index contributed by atoms with van der Waals surface area (Å²) in [6, 6.07) is 14.1. The van der Waals surface area contributed by atoms with Crippen molar-refractivity contribution < 1.29 is 9.18 Å². The molecule has 24 heavy (non-hydrogen) atoms. The largest absolute Gasteiger partial charge is 0.375 e. The molecule has 0 aliphatic carbocycles. The zero-order chi connectivity index (χ0) is 16.5. The van der Waals surface area contributed by atoms with Crippen molar-refractivity contribution in [1.82, 2.24) is 10.3 Å². The van der Waals surface area contributed by atoms with Gasteiger partial charge in [0, 0.05) is 29.2 Å². The number of nitrogens with one attached hydrogen (secondary N) is 3. The maximum atomic E-state index is 13.8. The summed E-state index contributed by atoms with van der Waals surface area (Å²) in [6.07, 6.45) is 3.72. The van der Waals surface area contributed by atoms with Gasteiger partial charge in [-0.1, -0.05) is 24.3 Å². The van der Waals surface area contributed by atoms with E-state index in [0.717, 1.165) is 16.5 Å². The van der Waals surface area contributed by atoms with Gasteiger partial charge in [0.05, 0.1) is 11.7 Å². The molecule has 3 aromatic rings. The van der Waals surface area contributed by atoms with E-state index in [-0.39, 0.29) is 17.8 Å². The van der Waals surface area contributed by atoms with Crippen LogP contribution in [-0.2, 0) is 4.79 Å². The van der Waals surface area contributed by atoms with Gasteiger partial charge in [0.15, 0.2) is 0 Å². The van der Waals surface area contributed by atoms with E-state index in [1.165, 1.54) is 6.07 Å². The molecule has 2 heterocycles. The first kappa shape index (κ1) is 14.5. The first-order valence-corrected chi connectivity index (χ1v) is 7.80. The van der Waals surface area contributed by atoms with E-state index in [0.29, 0.717) is 17.8 Å². The van der Waals surface area contributed by atoms with E-state index in [2.05, 4.69) is 15.6 Å². The normalized spacial score (nSPS) is 17.5. The lowest BCUT2D eigenvalue weighted by Gasteiger charge is -2.24. The smallest absolute Gasteiger partial charge is 0.251 e. The number of benzene rings is 2. The summed E-state index contributed by atoms with van der Waals surface area (Å²) >= 11 is 0. The molecular formula is C19H16FN3O. The summed E-state index contributed by atoms with van der Waals surface area (Å²) in [7, 11) is 0. The van der Waals surface area contributed by atoms with Crippen LogP contribution in [0.2, 0.25) is 0 Å². The Bertz CT molecular complexity index is 944. The number of amides is 1. The fraction of sp³-hybridized carbons (Fsp3) is 0.105. The predicted octanol–water partition coefficient (Wildman–Crippen LogP) is 3.30. The van der Waals surface area contributed by atoms with Crippen molar-refractivity contribution in [2.75, 3.05) is 11.9 Å². The van der Waals surface area contributed by atoms with Crippen LogP contribution in [0.25, 0.3) is 16.5 Å².